The monoisotopic (exact) mass is 252 g/mol. The maximum atomic E-state index is 12.3. The fourth-order valence-corrected chi connectivity index (χ4v) is 0.980. The SMILES string of the molecule is O=C(O)CCNC(=O)c1conc1C(F)(F)F. The van der Waals surface area contributed by atoms with Crippen molar-refractivity contribution in [3.63, 3.8) is 0 Å². The molecule has 1 aromatic rings. The number of aliphatic carboxylic acids is 1. The van der Waals surface area contributed by atoms with E-state index in [0.717, 1.165) is 0 Å². The number of carboxylic acid groups (broad SMARTS) is 1. The van der Waals surface area contributed by atoms with Crippen molar-refractivity contribution in [2.45, 2.75) is 12.6 Å². The lowest BCUT2D eigenvalue weighted by Gasteiger charge is -2.05. The van der Waals surface area contributed by atoms with Crippen LogP contribution in [-0.2, 0) is 11.0 Å². The van der Waals surface area contributed by atoms with Crippen LogP contribution in [-0.4, -0.2) is 28.7 Å². The lowest BCUT2D eigenvalue weighted by atomic mass is 10.2. The smallest absolute Gasteiger partial charge is 0.437 e. The molecule has 0 saturated carbocycles. The molecule has 0 fully saturated rings. The van der Waals surface area contributed by atoms with E-state index in [2.05, 4.69) is 9.68 Å². The second-order valence-electron chi connectivity index (χ2n) is 2.97. The zero-order valence-electron chi connectivity index (χ0n) is 8.24. The van der Waals surface area contributed by atoms with Gasteiger partial charge in [0.15, 0.2) is 5.69 Å². The van der Waals surface area contributed by atoms with Gasteiger partial charge in [-0.2, -0.15) is 13.2 Å². The molecule has 0 aliphatic rings. The number of rotatable bonds is 4. The molecule has 0 aliphatic carbocycles. The van der Waals surface area contributed by atoms with Crippen LogP contribution >= 0.6 is 0 Å². The Morgan fingerprint density at radius 1 is 1.47 bits per heavy atom. The van der Waals surface area contributed by atoms with Crippen molar-refractivity contribution >= 4 is 11.9 Å². The number of alkyl halides is 3. The van der Waals surface area contributed by atoms with Crippen LogP contribution in [0.25, 0.3) is 0 Å². The van der Waals surface area contributed by atoms with E-state index in [9.17, 15) is 22.8 Å². The van der Waals surface area contributed by atoms with E-state index in [1.165, 1.54) is 0 Å². The number of carboxylic acids is 1. The third-order valence-corrected chi connectivity index (χ3v) is 1.71. The van der Waals surface area contributed by atoms with Crippen LogP contribution in [0.4, 0.5) is 13.2 Å². The fourth-order valence-electron chi connectivity index (χ4n) is 0.980. The fraction of sp³-hybridized carbons (Fsp3) is 0.375. The highest BCUT2D eigenvalue weighted by atomic mass is 19.4. The Morgan fingerprint density at radius 3 is 2.65 bits per heavy atom. The van der Waals surface area contributed by atoms with Gasteiger partial charge in [-0.25, -0.2) is 0 Å². The third-order valence-electron chi connectivity index (χ3n) is 1.71. The zero-order valence-corrected chi connectivity index (χ0v) is 8.24. The van der Waals surface area contributed by atoms with Crippen molar-refractivity contribution in [1.29, 1.82) is 0 Å². The van der Waals surface area contributed by atoms with E-state index in [0.29, 0.717) is 6.26 Å². The van der Waals surface area contributed by atoms with Gasteiger partial charge in [0.25, 0.3) is 5.91 Å². The normalized spacial score (nSPS) is 11.2. The first-order valence-corrected chi connectivity index (χ1v) is 4.34. The number of carbonyl (C=O) groups is 2. The molecule has 1 aromatic heterocycles. The summed E-state index contributed by atoms with van der Waals surface area (Å²) in [4.78, 5) is 21.4. The molecular formula is C8H7F3N2O4. The van der Waals surface area contributed by atoms with E-state index < -0.39 is 35.7 Å². The average Bonchev–Trinajstić information content (AvgIpc) is 2.64. The van der Waals surface area contributed by atoms with Crippen molar-refractivity contribution in [3.05, 3.63) is 17.5 Å². The molecule has 0 aliphatic heterocycles. The first kappa shape index (κ1) is 13.0. The molecule has 2 N–H and O–H groups in total. The van der Waals surface area contributed by atoms with Gasteiger partial charge in [-0.15, -0.1) is 0 Å². The highest BCUT2D eigenvalue weighted by molar-refractivity contribution is 5.95. The van der Waals surface area contributed by atoms with Crippen LogP contribution in [0.15, 0.2) is 10.8 Å². The maximum Gasteiger partial charge on any atom is 0.437 e. The quantitative estimate of drug-likeness (QED) is 0.830. The van der Waals surface area contributed by atoms with Gasteiger partial charge in [-0.05, 0) is 0 Å². The molecule has 1 rings (SSSR count). The molecule has 0 radical (unpaired) electrons. The number of aromatic nitrogens is 1. The molecule has 0 bridgehead atoms. The molecule has 0 unspecified atom stereocenters. The second-order valence-corrected chi connectivity index (χ2v) is 2.97. The van der Waals surface area contributed by atoms with Crippen molar-refractivity contribution < 1.29 is 32.4 Å². The minimum Gasteiger partial charge on any atom is -0.481 e. The van der Waals surface area contributed by atoms with Crippen LogP contribution in [0, 0.1) is 0 Å². The Hall–Kier alpha value is -2.06. The average molecular weight is 252 g/mol. The summed E-state index contributed by atoms with van der Waals surface area (Å²) in [6, 6.07) is 0. The molecule has 0 spiro atoms. The summed E-state index contributed by atoms with van der Waals surface area (Å²) in [5, 5.41) is 13.0. The highest BCUT2D eigenvalue weighted by Crippen LogP contribution is 2.30. The standard InChI is InChI=1S/C8H7F3N2O4/c9-8(10,11)6-4(3-17-13-6)7(16)12-2-1-5(14)15/h3H,1-2H2,(H,12,16)(H,14,15). The van der Waals surface area contributed by atoms with Gasteiger partial charge in [0, 0.05) is 6.54 Å². The Bertz CT molecular complexity index is 427. The third kappa shape index (κ3) is 3.47. The minimum absolute atomic E-state index is 0.281. The number of hydrogen-bond acceptors (Lipinski definition) is 4. The number of carbonyl (C=O) groups excluding carboxylic acids is 1. The largest absolute Gasteiger partial charge is 0.481 e. The van der Waals surface area contributed by atoms with Crippen molar-refractivity contribution in [2.24, 2.45) is 0 Å². The summed E-state index contributed by atoms with van der Waals surface area (Å²) in [6.45, 7) is -0.281. The molecule has 0 aromatic carbocycles. The van der Waals surface area contributed by atoms with Gasteiger partial charge in [-0.3, -0.25) is 9.59 Å². The van der Waals surface area contributed by atoms with E-state index in [-0.39, 0.29) is 6.54 Å². The Balaban J connectivity index is 2.70. The van der Waals surface area contributed by atoms with E-state index >= 15 is 0 Å². The van der Waals surface area contributed by atoms with Crippen LogP contribution in [0.3, 0.4) is 0 Å². The van der Waals surface area contributed by atoms with E-state index in [1.54, 1.807) is 0 Å². The highest BCUT2D eigenvalue weighted by Gasteiger charge is 2.39. The number of amides is 1. The van der Waals surface area contributed by atoms with E-state index in [4.69, 9.17) is 5.11 Å². The van der Waals surface area contributed by atoms with Crippen molar-refractivity contribution in [2.75, 3.05) is 6.54 Å². The zero-order chi connectivity index (χ0) is 13.1. The Kier molecular flexibility index (Phi) is 3.71. The van der Waals surface area contributed by atoms with Gasteiger partial charge in [0.2, 0.25) is 0 Å². The molecule has 1 amide bonds. The number of nitrogens with one attached hydrogen (secondary N) is 1. The summed E-state index contributed by atoms with van der Waals surface area (Å²) in [6.07, 6.45) is -4.64. The summed E-state index contributed by atoms with van der Waals surface area (Å²) in [5.41, 5.74) is -2.21. The lowest BCUT2D eigenvalue weighted by molar-refractivity contribution is -0.143. The molecule has 9 heteroatoms. The summed E-state index contributed by atoms with van der Waals surface area (Å²) >= 11 is 0. The topological polar surface area (TPSA) is 92.4 Å². The van der Waals surface area contributed by atoms with Gasteiger partial charge in [0.05, 0.1) is 6.42 Å². The second kappa shape index (κ2) is 4.85. The minimum atomic E-state index is -4.80. The first-order chi connectivity index (χ1) is 7.82. The van der Waals surface area contributed by atoms with Crippen LogP contribution in [0.2, 0.25) is 0 Å². The maximum absolute atomic E-state index is 12.3. The lowest BCUT2D eigenvalue weighted by Crippen LogP contribution is -2.27. The van der Waals surface area contributed by atoms with Crippen molar-refractivity contribution in [1.82, 2.24) is 10.5 Å². The van der Waals surface area contributed by atoms with E-state index in [1.807, 2.05) is 5.32 Å². The molecule has 0 atom stereocenters. The molecule has 0 saturated heterocycles. The molecule has 17 heavy (non-hydrogen) atoms. The molecule has 1 heterocycles. The number of halogens is 3. The summed E-state index contributed by atoms with van der Waals surface area (Å²) < 4.78 is 41.0. The molecule has 6 nitrogen and oxygen atoms in total. The van der Waals surface area contributed by atoms with Crippen LogP contribution < -0.4 is 5.32 Å². The predicted molar refractivity (Wildman–Crippen MR) is 46.1 cm³/mol. The number of hydrogen-bond donors (Lipinski definition) is 2. The van der Waals surface area contributed by atoms with Crippen molar-refractivity contribution in [3.8, 4) is 0 Å². The summed E-state index contributed by atoms with van der Waals surface area (Å²) in [7, 11) is 0. The van der Waals surface area contributed by atoms with Gasteiger partial charge in [0.1, 0.15) is 11.8 Å². The first-order valence-electron chi connectivity index (χ1n) is 4.34. The van der Waals surface area contributed by atoms with Gasteiger partial charge in [-0.1, -0.05) is 5.16 Å². The summed E-state index contributed by atoms with van der Waals surface area (Å²) in [5.74, 6) is -2.26. The van der Waals surface area contributed by atoms with Gasteiger partial charge < -0.3 is 14.9 Å². The van der Waals surface area contributed by atoms with Crippen LogP contribution in [0.5, 0.6) is 0 Å². The molecule has 94 valence electrons. The Labute approximate surface area is 92.4 Å². The Morgan fingerprint density at radius 2 is 2.12 bits per heavy atom. The predicted octanol–water partition coefficient (Wildman–Crippen LogP) is 0.898. The number of nitrogens with zero attached hydrogens (tertiary/aromatic N) is 1. The van der Waals surface area contributed by atoms with Gasteiger partial charge >= 0.3 is 12.1 Å². The molecular weight excluding hydrogens is 245 g/mol. The van der Waals surface area contributed by atoms with Crippen LogP contribution in [0.1, 0.15) is 22.5 Å².